The van der Waals surface area contributed by atoms with Gasteiger partial charge in [0.15, 0.2) is 11.6 Å². The van der Waals surface area contributed by atoms with Crippen molar-refractivity contribution in [2.24, 2.45) is 0 Å². The van der Waals surface area contributed by atoms with E-state index in [-0.39, 0.29) is 28.9 Å². The average molecular weight is 425 g/mol. The molecule has 2 aromatic rings. The van der Waals surface area contributed by atoms with Gasteiger partial charge in [-0.3, -0.25) is 9.69 Å². The van der Waals surface area contributed by atoms with E-state index in [0.717, 1.165) is 12.3 Å². The van der Waals surface area contributed by atoms with Crippen molar-refractivity contribution < 1.29 is 28.5 Å². The molecule has 1 fully saturated rings. The molecule has 164 valence electrons. The van der Waals surface area contributed by atoms with Crippen LogP contribution in [-0.2, 0) is 0 Å². The fraction of sp³-hybridized carbons (Fsp3) is 0.500. The van der Waals surface area contributed by atoms with Gasteiger partial charge in [0.25, 0.3) is 0 Å². The molecule has 0 unspecified atom stereocenters. The Bertz CT molecular complexity index is 1000. The number of carbonyl (C=O) groups is 1. The molecular formula is C20H25F2N3O5. The zero-order valence-electron chi connectivity index (χ0n) is 16.9. The Labute approximate surface area is 171 Å². The fourth-order valence-electron chi connectivity index (χ4n) is 3.84. The number of aliphatic hydroxyl groups excluding tert-OH is 1. The van der Waals surface area contributed by atoms with Gasteiger partial charge < -0.3 is 24.4 Å². The lowest BCUT2D eigenvalue weighted by molar-refractivity contribution is 0.0694. The average Bonchev–Trinajstić information content (AvgIpc) is 2.73. The zero-order chi connectivity index (χ0) is 22.0. The summed E-state index contributed by atoms with van der Waals surface area (Å²) < 4.78 is 35.5. The number of fused-ring (bicyclic) bond motifs is 1. The van der Waals surface area contributed by atoms with Gasteiger partial charge in [0.2, 0.25) is 5.43 Å². The number of carboxylic acids is 1. The van der Waals surface area contributed by atoms with E-state index >= 15 is 4.39 Å². The highest BCUT2D eigenvalue weighted by Crippen LogP contribution is 2.39. The molecule has 1 atom stereocenters. The minimum Gasteiger partial charge on any atom is -0.492 e. The van der Waals surface area contributed by atoms with Gasteiger partial charge in [-0.2, -0.15) is 0 Å². The number of rotatable bonds is 7. The Morgan fingerprint density at radius 1 is 1.30 bits per heavy atom. The number of alkyl halides is 1. The SMILES string of the molecule is COc1c(N2CCN(CCO)CC2)c(F)cc2c(=O)c(C(=O)O)cn([C@H](C)CF)c12. The summed E-state index contributed by atoms with van der Waals surface area (Å²) in [5, 5.41) is 18.3. The van der Waals surface area contributed by atoms with Gasteiger partial charge >= 0.3 is 5.97 Å². The first-order valence-corrected chi connectivity index (χ1v) is 9.66. The highest BCUT2D eigenvalue weighted by Gasteiger charge is 2.28. The number of aromatic carboxylic acids is 1. The van der Waals surface area contributed by atoms with E-state index in [2.05, 4.69) is 0 Å². The van der Waals surface area contributed by atoms with Crippen LogP contribution in [0.2, 0.25) is 0 Å². The Morgan fingerprint density at radius 3 is 2.50 bits per heavy atom. The van der Waals surface area contributed by atoms with Gasteiger partial charge in [0, 0.05) is 38.9 Å². The third-order valence-corrected chi connectivity index (χ3v) is 5.44. The molecule has 30 heavy (non-hydrogen) atoms. The van der Waals surface area contributed by atoms with Crippen LogP contribution in [-0.4, -0.2) is 78.8 Å². The standard InChI is InChI=1S/C20H25F2N3O5/c1-12(10-21)25-11-14(20(28)29)18(27)13-9-15(22)17(19(30-2)16(13)25)24-5-3-23(4-6-24)7-8-26/h9,11-12,26H,3-8,10H2,1-2H3,(H,28,29)/t12-/m1/s1. The van der Waals surface area contributed by atoms with Crippen molar-refractivity contribution in [3.05, 3.63) is 33.9 Å². The second-order valence-electron chi connectivity index (χ2n) is 7.28. The number of hydrogen-bond donors (Lipinski definition) is 2. The summed E-state index contributed by atoms with van der Waals surface area (Å²) in [6.45, 7) is 3.42. The molecule has 1 saturated heterocycles. The maximum Gasteiger partial charge on any atom is 0.341 e. The lowest BCUT2D eigenvalue weighted by Crippen LogP contribution is -2.47. The van der Waals surface area contributed by atoms with E-state index in [1.54, 1.807) is 4.90 Å². The minimum absolute atomic E-state index is 0.0347. The maximum atomic E-state index is 15.2. The number of methoxy groups -OCH3 is 1. The van der Waals surface area contributed by atoms with Crippen LogP contribution in [0.4, 0.5) is 14.5 Å². The first-order valence-electron chi connectivity index (χ1n) is 9.66. The van der Waals surface area contributed by atoms with Crippen LogP contribution in [0, 0.1) is 5.82 Å². The summed E-state index contributed by atoms with van der Waals surface area (Å²) >= 11 is 0. The van der Waals surface area contributed by atoms with Crippen LogP contribution in [0.5, 0.6) is 5.75 Å². The molecule has 0 aliphatic carbocycles. The van der Waals surface area contributed by atoms with Crippen LogP contribution >= 0.6 is 0 Å². The van der Waals surface area contributed by atoms with E-state index in [9.17, 15) is 19.1 Å². The summed E-state index contributed by atoms with van der Waals surface area (Å²) in [6.07, 6.45) is 1.08. The van der Waals surface area contributed by atoms with Crippen molar-refractivity contribution in [1.82, 2.24) is 9.47 Å². The second-order valence-corrected chi connectivity index (χ2v) is 7.28. The molecule has 2 heterocycles. The molecule has 8 nitrogen and oxygen atoms in total. The van der Waals surface area contributed by atoms with E-state index < -0.39 is 35.5 Å². The highest BCUT2D eigenvalue weighted by atomic mass is 19.1. The van der Waals surface area contributed by atoms with Crippen molar-refractivity contribution >= 4 is 22.6 Å². The monoisotopic (exact) mass is 425 g/mol. The molecule has 1 aliphatic rings. The second kappa shape index (κ2) is 8.97. The van der Waals surface area contributed by atoms with Gasteiger partial charge in [-0.15, -0.1) is 0 Å². The Morgan fingerprint density at radius 2 is 1.97 bits per heavy atom. The largest absolute Gasteiger partial charge is 0.492 e. The summed E-state index contributed by atoms with van der Waals surface area (Å²) in [7, 11) is 1.33. The predicted octanol–water partition coefficient (Wildman–Crippen LogP) is 1.49. The van der Waals surface area contributed by atoms with Gasteiger partial charge in [-0.05, 0) is 13.0 Å². The Kier molecular flexibility index (Phi) is 6.57. The lowest BCUT2D eigenvalue weighted by Gasteiger charge is -2.36. The molecule has 1 aromatic carbocycles. The quantitative estimate of drug-likeness (QED) is 0.694. The number of anilines is 1. The minimum atomic E-state index is -1.47. The molecule has 1 aromatic heterocycles. The van der Waals surface area contributed by atoms with Gasteiger partial charge in [0.05, 0.1) is 30.7 Å². The number of aliphatic hydroxyl groups is 1. The van der Waals surface area contributed by atoms with Crippen molar-refractivity contribution in [1.29, 1.82) is 0 Å². The molecule has 0 bridgehead atoms. The van der Waals surface area contributed by atoms with Gasteiger partial charge in [-0.1, -0.05) is 0 Å². The fourth-order valence-corrected chi connectivity index (χ4v) is 3.84. The van der Waals surface area contributed by atoms with Crippen LogP contribution in [0.25, 0.3) is 10.9 Å². The Hall–Kier alpha value is -2.72. The number of benzene rings is 1. The van der Waals surface area contributed by atoms with Crippen molar-refractivity contribution in [3.8, 4) is 5.75 Å². The number of carboxylic acid groups (broad SMARTS) is 1. The van der Waals surface area contributed by atoms with Gasteiger partial charge in [0.1, 0.15) is 17.9 Å². The number of ether oxygens (including phenoxy) is 1. The van der Waals surface area contributed by atoms with E-state index in [1.807, 2.05) is 4.90 Å². The normalized spacial score (nSPS) is 16.1. The third kappa shape index (κ3) is 3.84. The summed E-state index contributed by atoms with van der Waals surface area (Å²) in [4.78, 5) is 28.0. The molecule has 1 aliphatic heterocycles. The molecule has 10 heteroatoms. The first-order chi connectivity index (χ1) is 14.3. The highest BCUT2D eigenvalue weighted by molar-refractivity contribution is 5.97. The van der Waals surface area contributed by atoms with Crippen LogP contribution in [0.15, 0.2) is 17.1 Å². The first kappa shape index (κ1) is 22.0. The summed E-state index contributed by atoms with van der Waals surface area (Å²) in [5.41, 5.74) is -1.10. The number of β-amino-alcohol motifs (C(OH)–C–C–N with tert-alkyl or cyclic N) is 1. The van der Waals surface area contributed by atoms with E-state index in [1.165, 1.54) is 18.6 Å². The summed E-state index contributed by atoms with van der Waals surface area (Å²) in [6, 6.07) is 0.212. The molecule has 2 N–H and O–H groups in total. The maximum absolute atomic E-state index is 15.2. The molecular weight excluding hydrogens is 400 g/mol. The molecule has 0 spiro atoms. The molecule has 0 saturated carbocycles. The predicted molar refractivity (Wildman–Crippen MR) is 108 cm³/mol. The zero-order valence-corrected chi connectivity index (χ0v) is 16.9. The Balaban J connectivity index is 2.24. The topological polar surface area (TPSA) is 95.2 Å². The van der Waals surface area contributed by atoms with Crippen LogP contribution in [0.3, 0.4) is 0 Å². The number of pyridine rings is 1. The lowest BCUT2D eigenvalue weighted by atomic mass is 10.1. The third-order valence-electron chi connectivity index (χ3n) is 5.44. The summed E-state index contributed by atoms with van der Waals surface area (Å²) in [5.74, 6) is -2.12. The number of aromatic nitrogens is 1. The van der Waals surface area contributed by atoms with Crippen molar-refractivity contribution in [2.75, 3.05) is 58.0 Å². The van der Waals surface area contributed by atoms with Crippen molar-refractivity contribution in [2.45, 2.75) is 13.0 Å². The smallest absolute Gasteiger partial charge is 0.341 e. The van der Waals surface area contributed by atoms with Crippen LogP contribution < -0.4 is 15.1 Å². The molecule has 0 amide bonds. The van der Waals surface area contributed by atoms with E-state index in [0.29, 0.717) is 32.7 Å². The number of nitrogens with zero attached hydrogens (tertiary/aromatic N) is 3. The van der Waals surface area contributed by atoms with E-state index in [4.69, 9.17) is 9.84 Å². The number of piperazine rings is 1. The molecule has 3 rings (SSSR count). The van der Waals surface area contributed by atoms with Crippen LogP contribution in [0.1, 0.15) is 23.3 Å². The van der Waals surface area contributed by atoms with Crippen molar-refractivity contribution in [3.63, 3.8) is 0 Å². The number of halogens is 2. The number of hydrogen-bond acceptors (Lipinski definition) is 6. The van der Waals surface area contributed by atoms with Gasteiger partial charge in [-0.25, -0.2) is 13.6 Å². The molecule has 0 radical (unpaired) electrons.